The van der Waals surface area contributed by atoms with Gasteiger partial charge in [0.2, 0.25) is 5.91 Å². The lowest BCUT2D eigenvalue weighted by atomic mass is 9.77. The van der Waals surface area contributed by atoms with Crippen molar-refractivity contribution in [3.63, 3.8) is 0 Å². The van der Waals surface area contributed by atoms with Gasteiger partial charge in [-0.15, -0.1) is 0 Å². The molecule has 0 radical (unpaired) electrons. The van der Waals surface area contributed by atoms with Crippen LogP contribution in [0.15, 0.2) is 24.3 Å². The molecule has 24 heavy (non-hydrogen) atoms. The predicted octanol–water partition coefficient (Wildman–Crippen LogP) is 3.09. The number of rotatable bonds is 4. The van der Waals surface area contributed by atoms with Crippen molar-refractivity contribution in [3.8, 4) is 0 Å². The normalized spacial score (nSPS) is 20.3. The van der Waals surface area contributed by atoms with E-state index in [2.05, 4.69) is 5.32 Å². The fourth-order valence-corrected chi connectivity index (χ4v) is 3.68. The van der Waals surface area contributed by atoms with Crippen LogP contribution in [0.25, 0.3) is 0 Å². The number of piperidine rings is 1. The molecule has 0 bridgehead atoms. The van der Waals surface area contributed by atoms with Crippen molar-refractivity contribution in [2.75, 3.05) is 13.1 Å². The van der Waals surface area contributed by atoms with E-state index in [1.165, 1.54) is 6.42 Å². The monoisotopic (exact) mass is 349 g/mol. The van der Waals surface area contributed by atoms with Crippen molar-refractivity contribution in [1.29, 1.82) is 0 Å². The van der Waals surface area contributed by atoms with Crippen LogP contribution >= 0.6 is 11.6 Å². The lowest BCUT2D eigenvalue weighted by Gasteiger charge is -2.36. The molecule has 1 atom stereocenters. The van der Waals surface area contributed by atoms with Gasteiger partial charge >= 0.3 is 6.03 Å². The minimum Gasteiger partial charge on any atom is -0.351 e. The van der Waals surface area contributed by atoms with Crippen LogP contribution in [-0.2, 0) is 4.79 Å². The minimum atomic E-state index is -0.401. The molecule has 3 amide bonds. The first-order chi connectivity index (χ1) is 11.5. The number of primary amides is 1. The molecule has 1 aromatic carbocycles. The molecule has 1 heterocycles. The van der Waals surface area contributed by atoms with Gasteiger partial charge in [-0.3, -0.25) is 4.79 Å². The molecule has 2 aliphatic rings. The molecular formula is C18H24ClN3O2. The molecule has 6 heteroatoms. The summed E-state index contributed by atoms with van der Waals surface area (Å²) in [5.41, 5.74) is 6.42. The molecule has 1 aliphatic heterocycles. The molecule has 3 rings (SSSR count). The lowest BCUT2D eigenvalue weighted by Crippen LogP contribution is -2.46. The van der Waals surface area contributed by atoms with Crippen LogP contribution in [-0.4, -0.2) is 29.9 Å². The van der Waals surface area contributed by atoms with Gasteiger partial charge in [-0.1, -0.05) is 30.2 Å². The van der Waals surface area contributed by atoms with Gasteiger partial charge in [0.25, 0.3) is 0 Å². The average Bonchev–Trinajstić information content (AvgIpc) is 2.53. The Kier molecular flexibility index (Phi) is 5.29. The molecule has 0 aromatic heterocycles. The highest BCUT2D eigenvalue weighted by atomic mass is 35.5. The smallest absolute Gasteiger partial charge is 0.314 e. The summed E-state index contributed by atoms with van der Waals surface area (Å²) >= 11 is 5.98. The molecule has 2 fully saturated rings. The quantitative estimate of drug-likeness (QED) is 0.876. The maximum absolute atomic E-state index is 12.7. The molecule has 1 aliphatic carbocycles. The van der Waals surface area contributed by atoms with Crippen molar-refractivity contribution in [2.24, 2.45) is 17.6 Å². The fourth-order valence-electron chi connectivity index (χ4n) is 3.55. The van der Waals surface area contributed by atoms with Crippen LogP contribution in [0.5, 0.6) is 0 Å². The van der Waals surface area contributed by atoms with Crippen LogP contribution in [0.2, 0.25) is 5.02 Å². The summed E-state index contributed by atoms with van der Waals surface area (Å²) in [6.07, 6.45) is 4.86. The highest BCUT2D eigenvalue weighted by molar-refractivity contribution is 6.30. The van der Waals surface area contributed by atoms with Gasteiger partial charge < -0.3 is 16.0 Å². The Morgan fingerprint density at radius 1 is 1.12 bits per heavy atom. The molecule has 1 unspecified atom stereocenters. The highest BCUT2D eigenvalue weighted by Crippen LogP contribution is 2.38. The number of amides is 3. The molecule has 0 spiro atoms. The summed E-state index contributed by atoms with van der Waals surface area (Å²) in [6.45, 7) is 1.12. The zero-order valence-electron chi connectivity index (χ0n) is 13.7. The number of hydrogen-bond donors (Lipinski definition) is 2. The Morgan fingerprint density at radius 2 is 1.75 bits per heavy atom. The van der Waals surface area contributed by atoms with E-state index in [4.69, 9.17) is 17.3 Å². The standard InChI is InChI=1S/C18H24ClN3O2/c19-15-6-4-13(5-7-15)16(12-2-1-3-12)21-17(23)14-8-10-22(11-9-14)18(20)24/h4-7,12,14,16H,1-3,8-11H2,(H2,20,24)(H,21,23). The van der Waals surface area contributed by atoms with E-state index < -0.39 is 6.03 Å². The maximum Gasteiger partial charge on any atom is 0.314 e. The molecule has 1 saturated heterocycles. The van der Waals surface area contributed by atoms with E-state index in [9.17, 15) is 9.59 Å². The second kappa shape index (κ2) is 7.43. The number of hydrogen-bond acceptors (Lipinski definition) is 2. The number of benzene rings is 1. The maximum atomic E-state index is 12.7. The van der Waals surface area contributed by atoms with Gasteiger partial charge in [-0.05, 0) is 49.3 Å². The summed E-state index contributed by atoms with van der Waals surface area (Å²) < 4.78 is 0. The van der Waals surface area contributed by atoms with Crippen molar-refractivity contribution in [1.82, 2.24) is 10.2 Å². The third-order valence-corrected chi connectivity index (χ3v) is 5.58. The van der Waals surface area contributed by atoms with Gasteiger partial charge in [-0.25, -0.2) is 4.79 Å². The fraction of sp³-hybridized carbons (Fsp3) is 0.556. The summed E-state index contributed by atoms with van der Waals surface area (Å²) in [6, 6.07) is 7.41. The number of nitrogens with zero attached hydrogens (tertiary/aromatic N) is 1. The predicted molar refractivity (Wildman–Crippen MR) is 93.6 cm³/mol. The third kappa shape index (κ3) is 3.83. The Hall–Kier alpha value is -1.75. The SMILES string of the molecule is NC(=O)N1CCC(C(=O)NC(c2ccc(Cl)cc2)C2CCC2)CC1. The molecule has 130 valence electrons. The Morgan fingerprint density at radius 3 is 2.25 bits per heavy atom. The van der Waals surface area contributed by atoms with Crippen LogP contribution in [0, 0.1) is 11.8 Å². The first-order valence-electron chi connectivity index (χ1n) is 8.65. The summed E-state index contributed by atoms with van der Waals surface area (Å²) in [4.78, 5) is 25.5. The van der Waals surface area contributed by atoms with E-state index in [1.54, 1.807) is 4.90 Å². The molecule has 3 N–H and O–H groups in total. The number of halogens is 1. The molecule has 1 aromatic rings. The summed E-state index contributed by atoms with van der Waals surface area (Å²) in [5, 5.41) is 3.96. The van der Waals surface area contributed by atoms with Crippen LogP contribution in [0.3, 0.4) is 0 Å². The zero-order valence-corrected chi connectivity index (χ0v) is 14.5. The number of nitrogens with two attached hydrogens (primary N) is 1. The molecular weight excluding hydrogens is 326 g/mol. The van der Waals surface area contributed by atoms with Crippen LogP contribution in [0.4, 0.5) is 4.79 Å². The zero-order chi connectivity index (χ0) is 17.1. The Bertz CT molecular complexity index is 593. The number of carbonyl (C=O) groups is 2. The van der Waals surface area contributed by atoms with E-state index in [0.717, 1.165) is 18.4 Å². The summed E-state index contributed by atoms with van der Waals surface area (Å²) in [7, 11) is 0. The van der Waals surface area contributed by atoms with Crippen LogP contribution < -0.4 is 11.1 Å². The second-order valence-electron chi connectivity index (χ2n) is 6.83. The lowest BCUT2D eigenvalue weighted by molar-refractivity contribution is -0.127. The second-order valence-corrected chi connectivity index (χ2v) is 7.26. The molecule has 1 saturated carbocycles. The first-order valence-corrected chi connectivity index (χ1v) is 9.02. The third-order valence-electron chi connectivity index (χ3n) is 5.33. The first kappa shape index (κ1) is 17.1. The Balaban J connectivity index is 1.63. The highest BCUT2D eigenvalue weighted by Gasteiger charge is 2.33. The van der Waals surface area contributed by atoms with Crippen molar-refractivity contribution in [2.45, 2.75) is 38.1 Å². The number of nitrogens with one attached hydrogen (secondary N) is 1. The number of urea groups is 1. The van der Waals surface area contributed by atoms with E-state index in [-0.39, 0.29) is 17.9 Å². The summed E-state index contributed by atoms with van der Waals surface area (Å²) in [5.74, 6) is 0.544. The van der Waals surface area contributed by atoms with Crippen LogP contribution in [0.1, 0.15) is 43.7 Å². The van der Waals surface area contributed by atoms with Crippen molar-refractivity contribution >= 4 is 23.5 Å². The van der Waals surface area contributed by atoms with Gasteiger partial charge in [0, 0.05) is 24.0 Å². The largest absolute Gasteiger partial charge is 0.351 e. The van der Waals surface area contributed by atoms with Crippen molar-refractivity contribution in [3.05, 3.63) is 34.9 Å². The van der Waals surface area contributed by atoms with Gasteiger partial charge in [0.15, 0.2) is 0 Å². The van der Waals surface area contributed by atoms with Gasteiger partial charge in [-0.2, -0.15) is 0 Å². The number of likely N-dealkylation sites (tertiary alicyclic amines) is 1. The van der Waals surface area contributed by atoms with Gasteiger partial charge in [0.1, 0.15) is 0 Å². The molecule has 5 nitrogen and oxygen atoms in total. The van der Waals surface area contributed by atoms with Crippen molar-refractivity contribution < 1.29 is 9.59 Å². The Labute approximate surface area is 147 Å². The average molecular weight is 350 g/mol. The van der Waals surface area contributed by atoms with E-state index >= 15 is 0 Å². The van der Waals surface area contributed by atoms with Gasteiger partial charge in [0.05, 0.1) is 6.04 Å². The minimum absolute atomic E-state index is 0.0459. The van der Waals surface area contributed by atoms with E-state index in [0.29, 0.717) is 36.9 Å². The number of carbonyl (C=O) groups excluding carboxylic acids is 2. The van der Waals surface area contributed by atoms with E-state index in [1.807, 2.05) is 24.3 Å². The topological polar surface area (TPSA) is 75.4 Å².